The monoisotopic (exact) mass is 348 g/mol. The zero-order chi connectivity index (χ0) is 11.7. The molecule has 1 aliphatic rings. The van der Waals surface area contributed by atoms with Crippen molar-refractivity contribution in [2.24, 2.45) is 5.92 Å². The van der Waals surface area contributed by atoms with Crippen molar-refractivity contribution >= 4 is 49.4 Å². The molecule has 1 fully saturated rings. The number of carbonyl (C=O) groups excluding carboxylic acids is 1. The van der Waals surface area contributed by atoms with E-state index in [1.165, 1.54) is 6.20 Å². The molecule has 1 amide bonds. The molecule has 16 heavy (non-hydrogen) atoms. The summed E-state index contributed by atoms with van der Waals surface area (Å²) < 4.78 is 0.576. The van der Waals surface area contributed by atoms with Gasteiger partial charge in [0.1, 0.15) is 4.60 Å². The van der Waals surface area contributed by atoms with Gasteiger partial charge >= 0.3 is 0 Å². The maximum atomic E-state index is 11.8. The van der Waals surface area contributed by atoms with Crippen molar-refractivity contribution in [3.8, 4) is 0 Å². The van der Waals surface area contributed by atoms with Crippen LogP contribution in [-0.2, 0) is 4.79 Å². The first-order valence-electron chi connectivity index (χ1n) is 4.76. The van der Waals surface area contributed by atoms with Gasteiger partial charge in [-0.15, -0.1) is 0 Å². The standard InChI is InChI=1S/C9H10Br2N4O/c10-2-5-1-7(16)15(4-5)9-8(12)13-3-6(11)14-9/h3,5H,1-2,4H2,(H2,12,13). The number of nitrogen functional groups attached to an aromatic ring is 1. The van der Waals surface area contributed by atoms with E-state index < -0.39 is 0 Å². The van der Waals surface area contributed by atoms with Gasteiger partial charge < -0.3 is 5.73 Å². The summed E-state index contributed by atoms with van der Waals surface area (Å²) in [5.41, 5.74) is 5.72. The molecule has 5 nitrogen and oxygen atoms in total. The van der Waals surface area contributed by atoms with Crippen molar-refractivity contribution < 1.29 is 4.79 Å². The minimum Gasteiger partial charge on any atom is -0.381 e. The van der Waals surface area contributed by atoms with Gasteiger partial charge in [-0.05, 0) is 21.8 Å². The van der Waals surface area contributed by atoms with Crippen LogP contribution in [0.1, 0.15) is 6.42 Å². The van der Waals surface area contributed by atoms with Crippen LogP contribution in [-0.4, -0.2) is 27.7 Å². The summed E-state index contributed by atoms with van der Waals surface area (Å²) in [7, 11) is 0. The lowest BCUT2D eigenvalue weighted by Gasteiger charge is -2.16. The number of hydrogen-bond acceptors (Lipinski definition) is 4. The van der Waals surface area contributed by atoms with E-state index in [9.17, 15) is 4.79 Å². The molecule has 1 unspecified atom stereocenters. The summed E-state index contributed by atoms with van der Waals surface area (Å²) >= 11 is 6.60. The highest BCUT2D eigenvalue weighted by atomic mass is 79.9. The topological polar surface area (TPSA) is 72.1 Å². The molecule has 0 radical (unpaired) electrons. The van der Waals surface area contributed by atoms with Crippen LogP contribution in [0, 0.1) is 5.92 Å². The molecule has 0 spiro atoms. The molecule has 0 aromatic carbocycles. The van der Waals surface area contributed by atoms with E-state index in [0.717, 1.165) is 5.33 Å². The summed E-state index contributed by atoms with van der Waals surface area (Å²) in [6.45, 7) is 0.638. The van der Waals surface area contributed by atoms with Crippen molar-refractivity contribution in [3.05, 3.63) is 10.8 Å². The van der Waals surface area contributed by atoms with Gasteiger partial charge in [0.15, 0.2) is 11.6 Å². The fraction of sp³-hybridized carbons (Fsp3) is 0.444. The summed E-state index contributed by atoms with van der Waals surface area (Å²) in [6, 6.07) is 0. The number of alkyl halides is 1. The first-order chi connectivity index (χ1) is 7.61. The second kappa shape index (κ2) is 4.67. The maximum Gasteiger partial charge on any atom is 0.228 e. The van der Waals surface area contributed by atoms with Crippen LogP contribution in [0.2, 0.25) is 0 Å². The largest absolute Gasteiger partial charge is 0.381 e. The third-order valence-corrected chi connectivity index (χ3v) is 3.73. The molecule has 2 heterocycles. The van der Waals surface area contributed by atoms with E-state index in [0.29, 0.717) is 29.3 Å². The summed E-state index contributed by atoms with van der Waals surface area (Å²) in [5, 5.41) is 0.802. The molecule has 2 rings (SSSR count). The van der Waals surface area contributed by atoms with E-state index in [1.54, 1.807) is 4.90 Å². The molecule has 2 N–H and O–H groups in total. The highest BCUT2D eigenvalue weighted by Crippen LogP contribution is 2.28. The number of anilines is 2. The predicted molar refractivity (Wildman–Crippen MR) is 68.4 cm³/mol. The molecule has 1 aliphatic heterocycles. The molecule has 1 aromatic rings. The second-order valence-electron chi connectivity index (χ2n) is 3.63. The van der Waals surface area contributed by atoms with Gasteiger partial charge in [0.05, 0.1) is 6.20 Å². The summed E-state index contributed by atoms with van der Waals surface area (Å²) in [4.78, 5) is 21.5. The number of hydrogen-bond donors (Lipinski definition) is 1. The Labute approximate surface area is 110 Å². The van der Waals surface area contributed by atoms with Crippen molar-refractivity contribution in [1.82, 2.24) is 9.97 Å². The van der Waals surface area contributed by atoms with Crippen LogP contribution >= 0.6 is 31.9 Å². The van der Waals surface area contributed by atoms with Crippen LogP contribution < -0.4 is 10.6 Å². The molecular formula is C9H10Br2N4O. The molecule has 0 saturated carbocycles. The average Bonchev–Trinajstić information content (AvgIpc) is 2.63. The van der Waals surface area contributed by atoms with Crippen LogP contribution in [0.5, 0.6) is 0 Å². The van der Waals surface area contributed by atoms with Crippen molar-refractivity contribution in [2.45, 2.75) is 6.42 Å². The number of carbonyl (C=O) groups is 1. The molecule has 0 bridgehead atoms. The van der Waals surface area contributed by atoms with Crippen molar-refractivity contribution in [3.63, 3.8) is 0 Å². The number of nitrogens with zero attached hydrogens (tertiary/aromatic N) is 3. The lowest BCUT2D eigenvalue weighted by atomic mass is 10.2. The zero-order valence-electron chi connectivity index (χ0n) is 8.36. The molecule has 0 aliphatic carbocycles. The molecule has 7 heteroatoms. The van der Waals surface area contributed by atoms with Gasteiger partial charge in [-0.25, -0.2) is 9.97 Å². The highest BCUT2D eigenvalue weighted by Gasteiger charge is 2.32. The number of halogens is 2. The quantitative estimate of drug-likeness (QED) is 0.822. The van der Waals surface area contributed by atoms with Crippen LogP contribution in [0.4, 0.5) is 11.6 Å². The Balaban J connectivity index is 2.30. The maximum absolute atomic E-state index is 11.8. The Bertz CT molecular complexity index is 426. The minimum absolute atomic E-state index is 0.0450. The van der Waals surface area contributed by atoms with Crippen LogP contribution in [0.15, 0.2) is 10.8 Å². The third kappa shape index (κ3) is 2.20. The first-order valence-corrected chi connectivity index (χ1v) is 6.67. The SMILES string of the molecule is Nc1ncc(Br)nc1N1CC(CBr)CC1=O. The Hall–Kier alpha value is -0.690. The van der Waals surface area contributed by atoms with Crippen molar-refractivity contribution in [2.75, 3.05) is 22.5 Å². The predicted octanol–water partition coefficient (Wildman–Crippen LogP) is 1.57. The molecule has 1 saturated heterocycles. The van der Waals surface area contributed by atoms with Crippen LogP contribution in [0.25, 0.3) is 0 Å². The number of amides is 1. The lowest BCUT2D eigenvalue weighted by molar-refractivity contribution is -0.117. The second-order valence-corrected chi connectivity index (χ2v) is 5.09. The van der Waals surface area contributed by atoms with Crippen molar-refractivity contribution in [1.29, 1.82) is 0 Å². The molecule has 1 aromatic heterocycles. The van der Waals surface area contributed by atoms with E-state index in [-0.39, 0.29) is 11.7 Å². The summed E-state index contributed by atoms with van der Waals surface area (Å²) in [6.07, 6.45) is 2.04. The lowest BCUT2D eigenvalue weighted by Crippen LogP contribution is -2.27. The van der Waals surface area contributed by atoms with Gasteiger partial charge in [0, 0.05) is 18.3 Å². The Morgan fingerprint density at radius 1 is 1.62 bits per heavy atom. The zero-order valence-corrected chi connectivity index (χ0v) is 11.5. The normalized spacial score (nSPS) is 20.5. The van der Waals surface area contributed by atoms with E-state index in [1.807, 2.05) is 0 Å². The van der Waals surface area contributed by atoms with Gasteiger partial charge in [0.2, 0.25) is 5.91 Å². The fourth-order valence-corrected chi connectivity index (χ4v) is 2.36. The van der Waals surface area contributed by atoms with Crippen LogP contribution in [0.3, 0.4) is 0 Å². The fourth-order valence-electron chi connectivity index (χ4n) is 1.66. The number of nitrogens with two attached hydrogens (primary N) is 1. The molecule has 86 valence electrons. The van der Waals surface area contributed by atoms with Gasteiger partial charge in [-0.3, -0.25) is 9.69 Å². The van der Waals surface area contributed by atoms with E-state index >= 15 is 0 Å². The van der Waals surface area contributed by atoms with Gasteiger partial charge in [0.25, 0.3) is 0 Å². The van der Waals surface area contributed by atoms with E-state index in [4.69, 9.17) is 5.73 Å². The number of aromatic nitrogens is 2. The minimum atomic E-state index is 0.0450. The molecule has 1 atom stereocenters. The number of rotatable bonds is 2. The smallest absolute Gasteiger partial charge is 0.228 e. The molecular weight excluding hydrogens is 340 g/mol. The van der Waals surface area contributed by atoms with E-state index in [2.05, 4.69) is 41.8 Å². The Morgan fingerprint density at radius 3 is 3.00 bits per heavy atom. The van der Waals surface area contributed by atoms with Gasteiger partial charge in [-0.2, -0.15) is 0 Å². The Morgan fingerprint density at radius 2 is 2.38 bits per heavy atom. The summed E-state index contributed by atoms with van der Waals surface area (Å²) in [5.74, 6) is 1.09. The average molecular weight is 350 g/mol. The van der Waals surface area contributed by atoms with Gasteiger partial charge in [-0.1, -0.05) is 15.9 Å². The third-order valence-electron chi connectivity index (χ3n) is 2.43. The highest BCUT2D eigenvalue weighted by molar-refractivity contribution is 9.10. The first kappa shape index (κ1) is 11.8. The Kier molecular flexibility index (Phi) is 3.44.